The van der Waals surface area contributed by atoms with Gasteiger partial charge in [-0.2, -0.15) is 0 Å². The first kappa shape index (κ1) is 20.0. The summed E-state index contributed by atoms with van der Waals surface area (Å²) in [5, 5.41) is 1.63. The smallest absolute Gasteiger partial charge is 0.220 e. The lowest BCUT2D eigenvalue weighted by Gasteiger charge is -2.40. The molecular formula is C28H26N4O. The fraction of sp³-hybridized carbons (Fsp3) is 0.286. The zero-order valence-corrected chi connectivity index (χ0v) is 18.7. The molecule has 2 N–H and O–H groups in total. The molecular weight excluding hydrogens is 408 g/mol. The average Bonchev–Trinajstić information content (AvgIpc) is 3.19. The Morgan fingerprint density at radius 2 is 1.67 bits per heavy atom. The number of fused-ring (bicyclic) bond motifs is 4. The summed E-state index contributed by atoms with van der Waals surface area (Å²) in [6, 6.07) is 23.1. The number of aliphatic imine (C=N–C) groups is 1. The predicted molar refractivity (Wildman–Crippen MR) is 130 cm³/mol. The van der Waals surface area contributed by atoms with E-state index in [1.165, 1.54) is 16.7 Å². The van der Waals surface area contributed by atoms with E-state index in [2.05, 4.69) is 53.4 Å². The van der Waals surface area contributed by atoms with Gasteiger partial charge in [-0.15, -0.1) is 0 Å². The number of guanidine groups is 1. The van der Waals surface area contributed by atoms with Crippen molar-refractivity contribution in [3.8, 4) is 11.1 Å². The van der Waals surface area contributed by atoms with Crippen LogP contribution in [0, 0.1) is 12.0 Å². The number of hydroxylamine groups is 2. The van der Waals surface area contributed by atoms with Crippen LogP contribution >= 0.6 is 0 Å². The molecule has 2 aliphatic carbocycles. The Labute approximate surface area is 194 Å². The molecule has 0 radical (unpaired) electrons. The van der Waals surface area contributed by atoms with Crippen molar-refractivity contribution >= 4 is 11.6 Å². The van der Waals surface area contributed by atoms with Gasteiger partial charge in [0.15, 0.2) is 5.69 Å². The minimum atomic E-state index is -0.823. The molecule has 0 aromatic heterocycles. The van der Waals surface area contributed by atoms with Crippen LogP contribution in [0.2, 0.25) is 0 Å². The number of nitrogens with two attached hydrogens (primary N) is 1. The van der Waals surface area contributed by atoms with E-state index in [1.54, 1.807) is 5.06 Å². The van der Waals surface area contributed by atoms with Gasteiger partial charge in [0.25, 0.3) is 0 Å². The molecule has 0 amide bonds. The van der Waals surface area contributed by atoms with Gasteiger partial charge in [-0.05, 0) is 72.1 Å². The minimum Gasteiger partial charge on any atom is -0.368 e. The lowest BCUT2D eigenvalue weighted by molar-refractivity contribution is -0.224. The van der Waals surface area contributed by atoms with Crippen molar-refractivity contribution in [3.63, 3.8) is 0 Å². The van der Waals surface area contributed by atoms with E-state index >= 15 is 0 Å². The second kappa shape index (κ2) is 7.19. The quantitative estimate of drug-likeness (QED) is 0.524. The van der Waals surface area contributed by atoms with E-state index in [9.17, 15) is 0 Å². The highest BCUT2D eigenvalue weighted by Gasteiger charge is 2.62. The minimum absolute atomic E-state index is 0.166. The molecule has 5 nitrogen and oxygen atoms in total. The summed E-state index contributed by atoms with van der Waals surface area (Å²) in [5.74, 6) is 0.421. The van der Waals surface area contributed by atoms with Crippen LogP contribution in [-0.2, 0) is 29.8 Å². The van der Waals surface area contributed by atoms with Crippen LogP contribution in [0.1, 0.15) is 35.1 Å². The summed E-state index contributed by atoms with van der Waals surface area (Å²) in [7, 11) is 1.84. The van der Waals surface area contributed by atoms with Gasteiger partial charge in [-0.25, -0.2) is 19.7 Å². The Morgan fingerprint density at radius 1 is 0.939 bits per heavy atom. The second-order valence-electron chi connectivity index (χ2n) is 9.46. The first-order chi connectivity index (χ1) is 16.0. The van der Waals surface area contributed by atoms with Gasteiger partial charge in [-0.1, -0.05) is 54.6 Å². The van der Waals surface area contributed by atoms with E-state index in [4.69, 9.17) is 22.1 Å². The zero-order chi connectivity index (χ0) is 22.6. The van der Waals surface area contributed by atoms with Crippen molar-refractivity contribution in [2.75, 3.05) is 7.05 Å². The molecule has 0 saturated carbocycles. The molecule has 5 heteroatoms. The van der Waals surface area contributed by atoms with Gasteiger partial charge in [0, 0.05) is 18.0 Å². The fourth-order valence-electron chi connectivity index (χ4n) is 6.01. The summed E-state index contributed by atoms with van der Waals surface area (Å²) >= 11 is 0. The van der Waals surface area contributed by atoms with Gasteiger partial charge in [0.2, 0.25) is 11.7 Å². The topological polar surface area (TPSA) is 55.2 Å². The Morgan fingerprint density at radius 3 is 2.33 bits per heavy atom. The van der Waals surface area contributed by atoms with Crippen LogP contribution in [0.15, 0.2) is 71.7 Å². The maximum Gasteiger partial charge on any atom is 0.220 e. The van der Waals surface area contributed by atoms with Crippen LogP contribution in [0.4, 0.5) is 5.69 Å². The Kier molecular flexibility index (Phi) is 4.36. The van der Waals surface area contributed by atoms with Crippen LogP contribution in [-0.4, -0.2) is 18.1 Å². The van der Waals surface area contributed by atoms with Crippen molar-refractivity contribution in [2.24, 2.45) is 16.1 Å². The van der Waals surface area contributed by atoms with Gasteiger partial charge in [0.1, 0.15) is 0 Å². The number of hydrogen-bond donors (Lipinski definition) is 1. The number of benzene rings is 3. The highest BCUT2D eigenvalue weighted by Crippen LogP contribution is 2.61. The third-order valence-corrected chi connectivity index (χ3v) is 7.76. The molecule has 1 unspecified atom stereocenters. The second-order valence-corrected chi connectivity index (χ2v) is 9.46. The van der Waals surface area contributed by atoms with Crippen molar-refractivity contribution < 1.29 is 4.84 Å². The van der Waals surface area contributed by atoms with Crippen molar-refractivity contribution in [2.45, 2.75) is 37.8 Å². The standard InChI is InChI=1S/C28H26N4O/c1-30-24-9-5-8-21(16-24)22-10-11-23-18-27(14-12-19-6-3-4-7-20(19)13-15-27)28(25(23)17-22)31-26(29)32(2)33-28/h3-11,16-17H,12-15,18H2,2H3,(H2,29,31). The molecule has 164 valence electrons. The maximum absolute atomic E-state index is 7.37. The number of nitrogens with zero attached hydrogens (tertiary/aromatic N) is 3. The van der Waals surface area contributed by atoms with Gasteiger partial charge in [-0.3, -0.25) is 0 Å². The summed E-state index contributed by atoms with van der Waals surface area (Å²) in [4.78, 5) is 15.2. The third kappa shape index (κ3) is 2.91. The molecule has 3 aliphatic rings. The zero-order valence-electron chi connectivity index (χ0n) is 18.7. The van der Waals surface area contributed by atoms with E-state index in [0.29, 0.717) is 11.6 Å². The number of hydrogen-bond acceptors (Lipinski definition) is 4. The SMILES string of the molecule is [C-]#[N+]c1cccc(-c2ccc3c(c2)C2(N=C(N)N(C)O2)C2(CCc4ccccc4CC2)C3)c1. The molecule has 33 heavy (non-hydrogen) atoms. The average molecular weight is 435 g/mol. The summed E-state index contributed by atoms with van der Waals surface area (Å²) in [6.45, 7) is 7.37. The molecule has 0 saturated heterocycles. The third-order valence-electron chi connectivity index (χ3n) is 7.76. The molecule has 1 atom stereocenters. The lowest BCUT2D eigenvalue weighted by atomic mass is 9.71. The van der Waals surface area contributed by atoms with Crippen LogP contribution < -0.4 is 5.73 Å². The van der Waals surface area contributed by atoms with Crippen molar-refractivity contribution in [1.29, 1.82) is 0 Å². The lowest BCUT2D eigenvalue weighted by Crippen LogP contribution is -2.43. The largest absolute Gasteiger partial charge is 0.368 e. The molecule has 0 bridgehead atoms. The molecule has 3 aromatic rings. The van der Waals surface area contributed by atoms with Crippen LogP contribution in [0.25, 0.3) is 16.0 Å². The monoisotopic (exact) mass is 434 g/mol. The van der Waals surface area contributed by atoms with Crippen LogP contribution in [0.3, 0.4) is 0 Å². The molecule has 6 rings (SSSR count). The maximum atomic E-state index is 7.37. The Balaban J connectivity index is 1.48. The van der Waals surface area contributed by atoms with Gasteiger partial charge < -0.3 is 5.73 Å². The fourth-order valence-corrected chi connectivity index (χ4v) is 6.01. The Bertz CT molecular complexity index is 1310. The van der Waals surface area contributed by atoms with Crippen molar-refractivity contribution in [1.82, 2.24) is 5.06 Å². The summed E-state index contributed by atoms with van der Waals surface area (Å²) in [6.07, 6.45) is 4.92. The molecule has 1 heterocycles. The summed E-state index contributed by atoms with van der Waals surface area (Å²) < 4.78 is 0. The van der Waals surface area contributed by atoms with E-state index in [0.717, 1.165) is 48.8 Å². The van der Waals surface area contributed by atoms with Gasteiger partial charge >= 0.3 is 0 Å². The van der Waals surface area contributed by atoms with Crippen molar-refractivity contribution in [3.05, 3.63) is 100 Å². The highest BCUT2D eigenvalue weighted by molar-refractivity contribution is 5.79. The highest BCUT2D eigenvalue weighted by atomic mass is 16.7. The molecule has 0 fully saturated rings. The normalized spacial score (nSPS) is 22.5. The summed E-state index contributed by atoms with van der Waals surface area (Å²) in [5.41, 5.74) is 13.3. The number of aryl methyl sites for hydroxylation is 2. The Hall–Kier alpha value is -3.62. The first-order valence-electron chi connectivity index (χ1n) is 11.5. The first-order valence-corrected chi connectivity index (χ1v) is 11.5. The van der Waals surface area contributed by atoms with Gasteiger partial charge in [0.05, 0.1) is 6.57 Å². The van der Waals surface area contributed by atoms with E-state index in [-0.39, 0.29) is 5.41 Å². The molecule has 2 spiro atoms. The van der Waals surface area contributed by atoms with E-state index < -0.39 is 5.72 Å². The van der Waals surface area contributed by atoms with Crippen LogP contribution in [0.5, 0.6) is 0 Å². The van der Waals surface area contributed by atoms with E-state index in [1.807, 2.05) is 25.2 Å². The molecule has 3 aromatic carbocycles. The predicted octanol–water partition coefficient (Wildman–Crippen LogP) is 5.37. The number of rotatable bonds is 1. The molecule has 1 aliphatic heterocycles.